The van der Waals surface area contributed by atoms with Gasteiger partial charge in [-0.15, -0.1) is 0 Å². The Kier molecular flexibility index (Phi) is 5.86. The monoisotopic (exact) mass is 445 g/mol. The lowest BCUT2D eigenvalue weighted by atomic mass is 10.0. The van der Waals surface area contributed by atoms with Crippen molar-refractivity contribution in [3.05, 3.63) is 75.2 Å². The number of benzene rings is 2. The third-order valence-corrected chi connectivity index (χ3v) is 5.40. The maximum Gasteiger partial charge on any atom is 0.416 e. The standard InChI is InChI=1S/C22H22F3N5O2/c1-3-19(15-6-4-7-16(12-15)22(23,24)25)26-32-13-18-17(14-10-11-14)8-5-9-20(18)30-21(31)29(2)27-28-30/h4-9,12,14H,3,10-11,13H2,1-2H3/b26-19+. The molecule has 0 bridgehead atoms. The Morgan fingerprint density at radius 2 is 1.94 bits per heavy atom. The van der Waals surface area contributed by atoms with Gasteiger partial charge in [-0.25, -0.2) is 4.79 Å². The molecule has 168 valence electrons. The molecule has 3 aromatic rings. The highest BCUT2D eigenvalue weighted by molar-refractivity contribution is 6.00. The smallest absolute Gasteiger partial charge is 0.391 e. The lowest BCUT2D eigenvalue weighted by molar-refractivity contribution is -0.137. The Morgan fingerprint density at radius 1 is 1.19 bits per heavy atom. The first-order valence-electron chi connectivity index (χ1n) is 10.3. The average molecular weight is 445 g/mol. The number of aryl methyl sites for hydroxylation is 1. The number of hydrogen-bond donors (Lipinski definition) is 0. The average Bonchev–Trinajstić information content (AvgIpc) is 3.56. The van der Waals surface area contributed by atoms with Crippen LogP contribution in [0.4, 0.5) is 13.2 Å². The highest BCUT2D eigenvalue weighted by atomic mass is 19.4. The van der Waals surface area contributed by atoms with Crippen molar-refractivity contribution >= 4 is 5.71 Å². The van der Waals surface area contributed by atoms with Crippen LogP contribution in [-0.2, 0) is 24.7 Å². The lowest BCUT2D eigenvalue weighted by Gasteiger charge is -2.13. The normalized spacial score (nSPS) is 14.6. The molecule has 0 saturated heterocycles. The summed E-state index contributed by atoms with van der Waals surface area (Å²) in [6.45, 7) is 1.85. The molecular formula is C22H22F3N5O2. The number of oxime groups is 1. The zero-order valence-corrected chi connectivity index (χ0v) is 17.6. The molecular weight excluding hydrogens is 423 g/mol. The van der Waals surface area contributed by atoms with Crippen LogP contribution in [0.3, 0.4) is 0 Å². The van der Waals surface area contributed by atoms with Crippen LogP contribution in [0.15, 0.2) is 52.4 Å². The number of nitrogens with zero attached hydrogens (tertiary/aromatic N) is 5. The van der Waals surface area contributed by atoms with E-state index in [-0.39, 0.29) is 12.3 Å². The Hall–Kier alpha value is -3.43. The van der Waals surface area contributed by atoms with Gasteiger partial charge in [0.05, 0.1) is 17.0 Å². The van der Waals surface area contributed by atoms with Crippen molar-refractivity contribution < 1.29 is 18.0 Å². The van der Waals surface area contributed by atoms with Crippen molar-refractivity contribution in [2.24, 2.45) is 12.2 Å². The lowest BCUT2D eigenvalue weighted by Crippen LogP contribution is -2.23. The highest BCUT2D eigenvalue weighted by Gasteiger charge is 2.31. The van der Waals surface area contributed by atoms with E-state index in [1.165, 1.54) is 17.8 Å². The largest absolute Gasteiger partial charge is 0.416 e. The van der Waals surface area contributed by atoms with Crippen molar-refractivity contribution in [1.29, 1.82) is 0 Å². The summed E-state index contributed by atoms with van der Waals surface area (Å²) in [5, 5.41) is 11.8. The minimum Gasteiger partial charge on any atom is -0.391 e. The van der Waals surface area contributed by atoms with Gasteiger partial charge in [0, 0.05) is 12.6 Å². The van der Waals surface area contributed by atoms with E-state index in [1.807, 2.05) is 12.1 Å². The summed E-state index contributed by atoms with van der Waals surface area (Å²) in [4.78, 5) is 18.0. The van der Waals surface area contributed by atoms with Crippen LogP contribution in [0.5, 0.6) is 0 Å². The predicted molar refractivity (Wildman–Crippen MR) is 112 cm³/mol. The summed E-state index contributed by atoms with van der Waals surface area (Å²) in [5.74, 6) is 0.374. The van der Waals surface area contributed by atoms with E-state index >= 15 is 0 Å². The molecule has 0 radical (unpaired) electrons. The fraction of sp³-hybridized carbons (Fsp3) is 0.364. The molecule has 7 nitrogen and oxygen atoms in total. The first-order chi connectivity index (χ1) is 15.3. The fourth-order valence-electron chi connectivity index (χ4n) is 3.56. The summed E-state index contributed by atoms with van der Waals surface area (Å²) in [5.41, 5.74) is 2.00. The van der Waals surface area contributed by atoms with Gasteiger partial charge in [0.2, 0.25) is 0 Å². The summed E-state index contributed by atoms with van der Waals surface area (Å²) >= 11 is 0. The minimum atomic E-state index is -4.43. The number of aromatic nitrogens is 4. The van der Waals surface area contributed by atoms with Crippen LogP contribution >= 0.6 is 0 Å². The van der Waals surface area contributed by atoms with Crippen LogP contribution in [0.2, 0.25) is 0 Å². The molecule has 1 heterocycles. The summed E-state index contributed by atoms with van der Waals surface area (Å²) in [7, 11) is 1.51. The summed E-state index contributed by atoms with van der Waals surface area (Å²) < 4.78 is 41.5. The zero-order chi connectivity index (χ0) is 22.9. The third-order valence-electron chi connectivity index (χ3n) is 5.40. The highest BCUT2D eigenvalue weighted by Crippen LogP contribution is 2.43. The van der Waals surface area contributed by atoms with Crippen LogP contribution in [0, 0.1) is 0 Å². The molecule has 0 N–H and O–H groups in total. The fourth-order valence-corrected chi connectivity index (χ4v) is 3.56. The molecule has 0 unspecified atom stereocenters. The van der Waals surface area contributed by atoms with Gasteiger partial charge in [0.15, 0.2) is 0 Å². The Morgan fingerprint density at radius 3 is 2.56 bits per heavy atom. The van der Waals surface area contributed by atoms with Gasteiger partial charge < -0.3 is 4.84 Å². The number of alkyl halides is 3. The molecule has 0 spiro atoms. The molecule has 1 aliphatic rings. The van der Waals surface area contributed by atoms with Crippen LogP contribution < -0.4 is 5.69 Å². The predicted octanol–water partition coefficient (Wildman–Crippen LogP) is 4.19. The maximum atomic E-state index is 13.1. The molecule has 0 amide bonds. The molecule has 1 fully saturated rings. The maximum absolute atomic E-state index is 13.1. The van der Waals surface area contributed by atoms with E-state index in [0.29, 0.717) is 29.3 Å². The van der Waals surface area contributed by atoms with Gasteiger partial charge in [-0.1, -0.05) is 36.3 Å². The number of tetrazole rings is 1. The Bertz CT molecular complexity index is 1210. The van der Waals surface area contributed by atoms with Gasteiger partial charge in [-0.3, -0.25) is 0 Å². The first-order valence-corrected chi connectivity index (χ1v) is 10.3. The zero-order valence-electron chi connectivity index (χ0n) is 17.6. The van der Waals surface area contributed by atoms with E-state index in [1.54, 1.807) is 19.1 Å². The SMILES string of the molecule is CC/C(=N\OCc1c(C2CC2)cccc1-n1nnn(C)c1=O)c1cccc(C(F)(F)F)c1. The molecule has 1 saturated carbocycles. The van der Waals surface area contributed by atoms with Gasteiger partial charge in [-0.2, -0.15) is 22.5 Å². The number of rotatable bonds is 7. The van der Waals surface area contributed by atoms with E-state index in [4.69, 9.17) is 4.84 Å². The molecule has 1 aliphatic carbocycles. The van der Waals surface area contributed by atoms with Crippen LogP contribution in [0.1, 0.15) is 54.4 Å². The summed E-state index contributed by atoms with van der Waals surface area (Å²) in [6.07, 6.45) is -1.96. The van der Waals surface area contributed by atoms with E-state index in [9.17, 15) is 18.0 Å². The van der Waals surface area contributed by atoms with Crippen molar-refractivity contribution in [3.63, 3.8) is 0 Å². The van der Waals surface area contributed by atoms with Gasteiger partial charge in [0.25, 0.3) is 0 Å². The molecule has 0 atom stereocenters. The molecule has 1 aromatic heterocycles. The quantitative estimate of drug-likeness (QED) is 0.404. The third kappa shape index (κ3) is 4.44. The number of halogens is 3. The van der Waals surface area contributed by atoms with Crippen LogP contribution in [0.25, 0.3) is 5.69 Å². The molecule has 10 heteroatoms. The van der Waals surface area contributed by atoms with E-state index in [2.05, 4.69) is 15.6 Å². The van der Waals surface area contributed by atoms with Gasteiger partial charge in [-0.05, 0) is 64.9 Å². The molecule has 2 aromatic carbocycles. The van der Waals surface area contributed by atoms with Crippen molar-refractivity contribution in [3.8, 4) is 5.69 Å². The molecule has 32 heavy (non-hydrogen) atoms. The van der Waals surface area contributed by atoms with E-state index in [0.717, 1.165) is 40.8 Å². The van der Waals surface area contributed by atoms with Gasteiger partial charge in [0.1, 0.15) is 6.61 Å². The Balaban J connectivity index is 1.64. The summed E-state index contributed by atoms with van der Waals surface area (Å²) in [6, 6.07) is 10.6. The second kappa shape index (κ2) is 8.60. The second-order valence-corrected chi connectivity index (χ2v) is 7.66. The van der Waals surface area contributed by atoms with Crippen LogP contribution in [-0.4, -0.2) is 25.5 Å². The number of hydrogen-bond acceptors (Lipinski definition) is 5. The van der Waals surface area contributed by atoms with Crippen molar-refractivity contribution in [2.75, 3.05) is 0 Å². The molecule has 0 aliphatic heterocycles. The van der Waals surface area contributed by atoms with E-state index < -0.39 is 11.7 Å². The van der Waals surface area contributed by atoms with Gasteiger partial charge >= 0.3 is 11.9 Å². The topological polar surface area (TPSA) is 74.3 Å². The van der Waals surface area contributed by atoms with Crippen molar-refractivity contribution in [1.82, 2.24) is 19.8 Å². The minimum absolute atomic E-state index is 0.0491. The molecule has 4 rings (SSSR count). The Labute approximate surface area is 182 Å². The first kappa shape index (κ1) is 21.8. The van der Waals surface area contributed by atoms with Crippen molar-refractivity contribution in [2.45, 2.75) is 44.9 Å². The second-order valence-electron chi connectivity index (χ2n) is 7.66.